The molecule has 0 heterocycles. The molecular weight excluding hydrogens is 382 g/mol. The van der Waals surface area contributed by atoms with E-state index in [1.807, 2.05) is 0 Å². The highest BCUT2D eigenvalue weighted by atomic mass is 35.5. The van der Waals surface area contributed by atoms with Crippen LogP contribution in [-0.2, 0) is 0 Å². The molecule has 2 aromatic rings. The largest absolute Gasteiger partial charge is 0.389 e. The minimum atomic E-state index is -1.94. The fourth-order valence-electron chi connectivity index (χ4n) is 4.96. The lowest BCUT2D eigenvalue weighted by atomic mass is 9.52. The van der Waals surface area contributed by atoms with E-state index in [-0.39, 0.29) is 24.0 Å². The summed E-state index contributed by atoms with van der Waals surface area (Å²) in [5, 5.41) is 23.7. The van der Waals surface area contributed by atoms with Crippen molar-refractivity contribution >= 4 is 23.2 Å². The van der Waals surface area contributed by atoms with E-state index in [0.717, 1.165) is 0 Å². The lowest BCUT2D eigenvalue weighted by Crippen LogP contribution is -2.63. The van der Waals surface area contributed by atoms with E-state index in [1.54, 1.807) is 36.4 Å². The topological polar surface area (TPSA) is 97.5 Å². The molecule has 0 unspecified atom stereocenters. The second-order valence-corrected chi connectivity index (χ2v) is 8.14. The number of rotatable bonds is 2. The molecule has 0 amide bonds. The van der Waals surface area contributed by atoms with Crippen LogP contribution in [0, 0.1) is 15.5 Å². The maximum atomic E-state index is 13.6. The molecule has 2 aromatic carbocycles. The van der Waals surface area contributed by atoms with Crippen LogP contribution < -0.4 is 0 Å². The molecule has 0 aromatic heterocycles. The number of carbonyl (C=O) groups is 2. The van der Waals surface area contributed by atoms with Gasteiger partial charge in [0.1, 0.15) is 5.41 Å². The van der Waals surface area contributed by atoms with Crippen molar-refractivity contribution in [2.24, 2.45) is 5.41 Å². The number of carbonyl (C=O) groups excluding carboxylic acids is 2. The molecule has 1 saturated carbocycles. The summed E-state index contributed by atoms with van der Waals surface area (Å²) in [4.78, 5) is 38.7. The first-order chi connectivity index (χ1) is 13.2. The first-order valence-corrected chi connectivity index (χ1v) is 9.39. The van der Waals surface area contributed by atoms with Gasteiger partial charge < -0.3 is 5.11 Å². The molecule has 6 nitrogen and oxygen atoms in total. The third-order valence-corrected chi connectivity index (χ3v) is 6.51. The van der Waals surface area contributed by atoms with Gasteiger partial charge in [-0.15, -0.1) is 0 Å². The number of ketones is 2. The minimum Gasteiger partial charge on any atom is -0.389 e. The van der Waals surface area contributed by atoms with Gasteiger partial charge in [-0.1, -0.05) is 48.0 Å². The Morgan fingerprint density at radius 3 is 2.11 bits per heavy atom. The van der Waals surface area contributed by atoms with Gasteiger partial charge in [-0.3, -0.25) is 19.7 Å². The van der Waals surface area contributed by atoms with Crippen molar-refractivity contribution in [3.05, 3.63) is 80.4 Å². The molecule has 1 N–H and O–H groups in total. The fourth-order valence-corrected chi connectivity index (χ4v) is 5.09. The Balaban J connectivity index is 2.03. The third kappa shape index (κ3) is 2.31. The van der Waals surface area contributed by atoms with Crippen LogP contribution in [0.4, 0.5) is 0 Å². The number of nitro groups is 1. The lowest BCUT2D eigenvalue weighted by Gasteiger charge is -2.49. The van der Waals surface area contributed by atoms with Crippen molar-refractivity contribution in [2.75, 3.05) is 0 Å². The van der Waals surface area contributed by atoms with E-state index < -0.39 is 39.5 Å². The molecule has 3 atom stereocenters. The second-order valence-electron chi connectivity index (χ2n) is 7.71. The van der Waals surface area contributed by atoms with Crippen molar-refractivity contribution < 1.29 is 19.6 Å². The molecule has 2 aliphatic carbocycles. The Kier molecular flexibility index (Phi) is 4.17. The molecule has 4 rings (SSSR count). The molecule has 1 spiro atoms. The average molecular weight is 400 g/mol. The molecule has 2 aliphatic rings. The Labute approximate surface area is 166 Å². The van der Waals surface area contributed by atoms with Gasteiger partial charge in [-0.25, -0.2) is 0 Å². The van der Waals surface area contributed by atoms with Crippen LogP contribution in [0.3, 0.4) is 0 Å². The number of halogens is 1. The quantitative estimate of drug-likeness (QED) is 0.472. The maximum Gasteiger partial charge on any atom is 0.221 e. The molecule has 0 radical (unpaired) electrons. The summed E-state index contributed by atoms with van der Waals surface area (Å²) < 4.78 is 0. The van der Waals surface area contributed by atoms with Crippen LogP contribution in [0.5, 0.6) is 0 Å². The second kappa shape index (κ2) is 6.22. The predicted octanol–water partition coefficient (Wildman–Crippen LogP) is 3.68. The first kappa shape index (κ1) is 18.8. The average Bonchev–Trinajstić information content (AvgIpc) is 2.88. The molecule has 1 fully saturated rings. The maximum absolute atomic E-state index is 13.6. The van der Waals surface area contributed by atoms with E-state index in [9.17, 15) is 24.8 Å². The lowest BCUT2D eigenvalue weighted by molar-refractivity contribution is -0.535. The van der Waals surface area contributed by atoms with Gasteiger partial charge >= 0.3 is 0 Å². The van der Waals surface area contributed by atoms with Crippen molar-refractivity contribution in [2.45, 2.75) is 37.3 Å². The number of benzene rings is 2. The zero-order chi connectivity index (χ0) is 20.3. The molecule has 28 heavy (non-hydrogen) atoms. The summed E-state index contributed by atoms with van der Waals surface area (Å²) in [7, 11) is 0. The van der Waals surface area contributed by atoms with E-state index in [4.69, 9.17) is 11.6 Å². The highest BCUT2D eigenvalue weighted by molar-refractivity contribution is 6.31. The molecular formula is C21H18ClNO5. The van der Waals surface area contributed by atoms with Crippen LogP contribution in [0.2, 0.25) is 5.02 Å². The zero-order valence-corrected chi connectivity index (χ0v) is 15.8. The predicted molar refractivity (Wildman–Crippen MR) is 102 cm³/mol. The summed E-state index contributed by atoms with van der Waals surface area (Å²) in [6.45, 7) is 1.44. The van der Waals surface area contributed by atoms with Gasteiger partial charge in [0.2, 0.25) is 6.04 Å². The monoisotopic (exact) mass is 399 g/mol. The SMILES string of the molecule is C[C@@]1(O)CC[C@H]([N+](=O)[O-])[C@@H](c2ccc(Cl)cc2)C12C(=O)c1ccccc1C2=O. The fraction of sp³-hybridized carbons (Fsp3) is 0.333. The van der Waals surface area contributed by atoms with Gasteiger partial charge in [-0.05, 0) is 31.0 Å². The number of hydrogen-bond acceptors (Lipinski definition) is 5. The van der Waals surface area contributed by atoms with E-state index in [2.05, 4.69) is 0 Å². The third-order valence-electron chi connectivity index (χ3n) is 6.26. The van der Waals surface area contributed by atoms with Gasteiger partial charge in [0.05, 0.1) is 11.5 Å². The molecule has 0 aliphatic heterocycles. The number of fused-ring (bicyclic) bond motifs is 1. The summed E-state index contributed by atoms with van der Waals surface area (Å²) in [5.41, 5.74) is -2.82. The molecule has 0 saturated heterocycles. The van der Waals surface area contributed by atoms with Gasteiger partial charge in [0, 0.05) is 27.5 Å². The normalized spacial score (nSPS) is 28.4. The van der Waals surface area contributed by atoms with Gasteiger partial charge in [0.15, 0.2) is 11.6 Å². The van der Waals surface area contributed by atoms with Crippen LogP contribution in [0.15, 0.2) is 48.5 Å². The summed E-state index contributed by atoms with van der Waals surface area (Å²) in [6.07, 6.45) is 0.0418. The van der Waals surface area contributed by atoms with Crippen LogP contribution in [0.25, 0.3) is 0 Å². The molecule has 144 valence electrons. The summed E-state index contributed by atoms with van der Waals surface area (Å²) in [6, 6.07) is 11.5. The zero-order valence-electron chi connectivity index (χ0n) is 15.1. The standard InChI is InChI=1S/C21H18ClNO5/c1-20(26)11-10-16(23(27)28)17(12-6-8-13(22)9-7-12)21(20)18(24)14-4-2-3-5-15(14)19(21)25/h2-9,16-17,26H,10-11H2,1H3/t16-,17+,20+/m0/s1. The van der Waals surface area contributed by atoms with Crippen molar-refractivity contribution in [3.8, 4) is 0 Å². The van der Waals surface area contributed by atoms with E-state index in [1.165, 1.54) is 19.1 Å². The number of nitrogens with zero attached hydrogens (tertiary/aromatic N) is 1. The summed E-state index contributed by atoms with van der Waals surface area (Å²) >= 11 is 5.97. The smallest absolute Gasteiger partial charge is 0.221 e. The van der Waals surface area contributed by atoms with Crippen LogP contribution in [-0.4, -0.2) is 33.2 Å². The van der Waals surface area contributed by atoms with Gasteiger partial charge in [-0.2, -0.15) is 0 Å². The van der Waals surface area contributed by atoms with Crippen molar-refractivity contribution in [3.63, 3.8) is 0 Å². The van der Waals surface area contributed by atoms with Crippen molar-refractivity contribution in [1.29, 1.82) is 0 Å². The van der Waals surface area contributed by atoms with Crippen LogP contribution in [0.1, 0.15) is 52.0 Å². The molecule has 7 heteroatoms. The number of hydrogen-bond donors (Lipinski definition) is 1. The highest BCUT2D eigenvalue weighted by Gasteiger charge is 2.72. The van der Waals surface area contributed by atoms with E-state index in [0.29, 0.717) is 10.6 Å². The van der Waals surface area contributed by atoms with Gasteiger partial charge in [0.25, 0.3) is 0 Å². The number of aliphatic hydroxyl groups is 1. The summed E-state index contributed by atoms with van der Waals surface area (Å²) in [5.74, 6) is -2.20. The minimum absolute atomic E-state index is 0.0196. The first-order valence-electron chi connectivity index (χ1n) is 9.02. The Bertz CT molecular complexity index is 963. The number of Topliss-reactive ketones (excluding diaryl/α,β-unsaturated/α-hetero) is 2. The molecule has 0 bridgehead atoms. The highest BCUT2D eigenvalue weighted by Crippen LogP contribution is 2.59. The Hall–Kier alpha value is -2.57. The van der Waals surface area contributed by atoms with Crippen LogP contribution >= 0.6 is 11.6 Å². The van der Waals surface area contributed by atoms with Crippen molar-refractivity contribution in [1.82, 2.24) is 0 Å². The Morgan fingerprint density at radius 2 is 1.61 bits per heavy atom. The Morgan fingerprint density at radius 1 is 1.07 bits per heavy atom. The van der Waals surface area contributed by atoms with E-state index >= 15 is 0 Å².